The SMILES string of the molecule is CCN(CC)CCn1c(=O)c2[nH]c3ccccc3c2c2ccccc21. The Morgan fingerprint density at radius 3 is 2.40 bits per heavy atom. The van der Waals surface area contributed by atoms with Crippen LogP contribution in [0.3, 0.4) is 0 Å². The molecule has 0 aliphatic heterocycles. The maximum Gasteiger partial charge on any atom is 0.275 e. The lowest BCUT2D eigenvalue weighted by Crippen LogP contribution is -2.31. The van der Waals surface area contributed by atoms with Gasteiger partial charge in [-0.1, -0.05) is 50.2 Å². The van der Waals surface area contributed by atoms with Crippen molar-refractivity contribution in [2.75, 3.05) is 19.6 Å². The van der Waals surface area contributed by atoms with Gasteiger partial charge in [0.25, 0.3) is 5.56 Å². The predicted molar refractivity (Wildman–Crippen MR) is 105 cm³/mol. The molecule has 2 heterocycles. The molecule has 0 fully saturated rings. The van der Waals surface area contributed by atoms with Crippen LogP contribution in [0.2, 0.25) is 0 Å². The summed E-state index contributed by atoms with van der Waals surface area (Å²) in [5.74, 6) is 0. The van der Waals surface area contributed by atoms with Crippen molar-refractivity contribution in [1.82, 2.24) is 14.5 Å². The molecule has 4 nitrogen and oxygen atoms in total. The highest BCUT2D eigenvalue weighted by Gasteiger charge is 2.15. The summed E-state index contributed by atoms with van der Waals surface area (Å²) in [4.78, 5) is 18.9. The molecule has 2 aromatic heterocycles. The second kappa shape index (κ2) is 6.37. The van der Waals surface area contributed by atoms with Crippen molar-refractivity contribution in [1.29, 1.82) is 0 Å². The van der Waals surface area contributed by atoms with Crippen LogP contribution in [0.25, 0.3) is 32.7 Å². The molecule has 4 rings (SSSR count). The summed E-state index contributed by atoms with van der Waals surface area (Å²) in [5.41, 5.74) is 2.80. The van der Waals surface area contributed by atoms with Gasteiger partial charge < -0.3 is 14.5 Å². The Balaban J connectivity index is 2.00. The molecular weight excluding hydrogens is 310 g/mol. The lowest BCUT2D eigenvalue weighted by Gasteiger charge is -2.19. The van der Waals surface area contributed by atoms with Crippen molar-refractivity contribution in [3.05, 3.63) is 58.9 Å². The van der Waals surface area contributed by atoms with Gasteiger partial charge in [-0.05, 0) is 25.2 Å². The lowest BCUT2D eigenvalue weighted by atomic mass is 10.1. The summed E-state index contributed by atoms with van der Waals surface area (Å²) < 4.78 is 1.92. The largest absolute Gasteiger partial charge is 0.350 e. The average molecular weight is 333 g/mol. The van der Waals surface area contributed by atoms with Crippen LogP contribution in [0.5, 0.6) is 0 Å². The van der Waals surface area contributed by atoms with E-state index in [1.807, 2.05) is 34.9 Å². The minimum Gasteiger partial charge on any atom is -0.350 e. The van der Waals surface area contributed by atoms with Gasteiger partial charge in [0.15, 0.2) is 0 Å². The van der Waals surface area contributed by atoms with Crippen LogP contribution >= 0.6 is 0 Å². The number of H-pyrrole nitrogens is 1. The first-order valence-electron chi connectivity index (χ1n) is 8.99. The maximum absolute atomic E-state index is 13.2. The number of hydrogen-bond acceptors (Lipinski definition) is 2. The van der Waals surface area contributed by atoms with E-state index >= 15 is 0 Å². The predicted octanol–water partition coefficient (Wildman–Crippen LogP) is 3.98. The van der Waals surface area contributed by atoms with E-state index in [2.05, 4.69) is 41.9 Å². The number of aromatic amines is 1. The van der Waals surface area contributed by atoms with Crippen LogP contribution < -0.4 is 5.56 Å². The van der Waals surface area contributed by atoms with E-state index < -0.39 is 0 Å². The normalized spacial score (nSPS) is 12.0. The first-order valence-corrected chi connectivity index (χ1v) is 8.99. The van der Waals surface area contributed by atoms with E-state index in [1.165, 1.54) is 0 Å². The molecule has 2 aromatic carbocycles. The molecule has 0 amide bonds. The number of hydrogen-bond donors (Lipinski definition) is 1. The van der Waals surface area contributed by atoms with Crippen LogP contribution in [0.1, 0.15) is 13.8 Å². The second-order valence-electron chi connectivity index (χ2n) is 6.42. The zero-order valence-corrected chi connectivity index (χ0v) is 14.7. The van der Waals surface area contributed by atoms with E-state index in [-0.39, 0.29) is 5.56 Å². The molecule has 0 radical (unpaired) electrons. The van der Waals surface area contributed by atoms with Gasteiger partial charge >= 0.3 is 0 Å². The second-order valence-corrected chi connectivity index (χ2v) is 6.42. The number of aromatic nitrogens is 2. The Hall–Kier alpha value is -2.59. The van der Waals surface area contributed by atoms with E-state index in [9.17, 15) is 4.79 Å². The maximum atomic E-state index is 13.2. The number of nitrogens with one attached hydrogen (secondary N) is 1. The van der Waals surface area contributed by atoms with Crippen molar-refractivity contribution in [3.63, 3.8) is 0 Å². The first kappa shape index (κ1) is 15.9. The van der Waals surface area contributed by atoms with Crippen molar-refractivity contribution < 1.29 is 0 Å². The quantitative estimate of drug-likeness (QED) is 0.600. The Kier molecular flexibility index (Phi) is 4.06. The summed E-state index contributed by atoms with van der Waals surface area (Å²) >= 11 is 0. The number of rotatable bonds is 5. The third-order valence-corrected chi connectivity index (χ3v) is 5.16. The summed E-state index contributed by atoms with van der Waals surface area (Å²) in [5, 5.41) is 3.28. The fourth-order valence-electron chi connectivity index (χ4n) is 3.75. The zero-order valence-electron chi connectivity index (χ0n) is 14.7. The van der Waals surface area contributed by atoms with E-state index in [0.717, 1.165) is 46.8 Å². The number of pyridine rings is 1. The number of benzene rings is 2. The molecule has 128 valence electrons. The first-order chi connectivity index (χ1) is 12.2. The monoisotopic (exact) mass is 333 g/mol. The molecule has 0 atom stereocenters. The summed E-state index contributed by atoms with van der Waals surface area (Å²) in [7, 11) is 0. The van der Waals surface area contributed by atoms with Crippen LogP contribution in [0.4, 0.5) is 0 Å². The third kappa shape index (κ3) is 2.53. The summed E-state index contributed by atoms with van der Waals surface area (Å²) in [6.07, 6.45) is 0. The van der Waals surface area contributed by atoms with Crippen LogP contribution in [0, 0.1) is 0 Å². The fourth-order valence-corrected chi connectivity index (χ4v) is 3.75. The van der Waals surface area contributed by atoms with Gasteiger partial charge in [-0.3, -0.25) is 4.79 Å². The molecule has 0 bridgehead atoms. The highest BCUT2D eigenvalue weighted by atomic mass is 16.1. The summed E-state index contributed by atoms with van der Waals surface area (Å²) in [6, 6.07) is 16.4. The average Bonchev–Trinajstić information content (AvgIpc) is 3.05. The van der Waals surface area contributed by atoms with Gasteiger partial charge in [-0.25, -0.2) is 0 Å². The van der Waals surface area contributed by atoms with E-state index in [0.29, 0.717) is 12.1 Å². The number of fused-ring (bicyclic) bond motifs is 5. The number of nitrogens with zero attached hydrogens (tertiary/aromatic N) is 2. The zero-order chi connectivity index (χ0) is 17.4. The minimum atomic E-state index is 0.0667. The Morgan fingerprint density at radius 1 is 0.960 bits per heavy atom. The van der Waals surface area contributed by atoms with Gasteiger partial charge in [0.05, 0.1) is 5.52 Å². The Bertz CT molecular complexity index is 1100. The minimum absolute atomic E-state index is 0.0667. The molecule has 0 unspecified atom stereocenters. The van der Waals surface area contributed by atoms with Crippen molar-refractivity contribution in [3.8, 4) is 0 Å². The summed E-state index contributed by atoms with van der Waals surface area (Å²) in [6.45, 7) is 7.89. The molecule has 0 aliphatic carbocycles. The lowest BCUT2D eigenvalue weighted by molar-refractivity contribution is 0.291. The Labute approximate surface area is 146 Å². The molecule has 0 saturated carbocycles. The molecule has 0 aliphatic rings. The van der Waals surface area contributed by atoms with Crippen molar-refractivity contribution >= 4 is 32.7 Å². The van der Waals surface area contributed by atoms with Gasteiger partial charge in [0.1, 0.15) is 5.52 Å². The van der Waals surface area contributed by atoms with Gasteiger partial charge in [0.2, 0.25) is 0 Å². The fraction of sp³-hybridized carbons (Fsp3) is 0.286. The smallest absolute Gasteiger partial charge is 0.275 e. The van der Waals surface area contributed by atoms with Gasteiger partial charge in [0, 0.05) is 34.8 Å². The molecule has 0 spiro atoms. The van der Waals surface area contributed by atoms with Crippen LogP contribution in [-0.2, 0) is 6.54 Å². The van der Waals surface area contributed by atoms with Crippen molar-refractivity contribution in [2.24, 2.45) is 0 Å². The third-order valence-electron chi connectivity index (χ3n) is 5.16. The molecule has 4 heteroatoms. The van der Waals surface area contributed by atoms with Crippen LogP contribution in [0.15, 0.2) is 53.3 Å². The molecular formula is C21H23N3O. The number of para-hydroxylation sites is 2. The highest BCUT2D eigenvalue weighted by molar-refractivity contribution is 6.19. The Morgan fingerprint density at radius 2 is 1.64 bits per heavy atom. The molecule has 0 saturated heterocycles. The topological polar surface area (TPSA) is 41.0 Å². The highest BCUT2D eigenvalue weighted by Crippen LogP contribution is 2.30. The van der Waals surface area contributed by atoms with Crippen molar-refractivity contribution in [2.45, 2.75) is 20.4 Å². The standard InChI is InChI=1S/C21H23N3O/c1-3-23(4-2)13-14-24-18-12-8-6-10-16(18)19-15-9-5-7-11-17(15)22-20(19)21(24)25/h5-12,22H,3-4,13-14H2,1-2H3. The number of likely N-dealkylation sites (N-methyl/N-ethyl adjacent to an activating group) is 1. The van der Waals surface area contributed by atoms with Gasteiger partial charge in [-0.2, -0.15) is 0 Å². The van der Waals surface area contributed by atoms with E-state index in [4.69, 9.17) is 0 Å². The molecule has 4 aromatic rings. The van der Waals surface area contributed by atoms with Gasteiger partial charge in [-0.15, -0.1) is 0 Å². The van der Waals surface area contributed by atoms with Crippen LogP contribution in [-0.4, -0.2) is 34.1 Å². The molecule has 25 heavy (non-hydrogen) atoms. The van der Waals surface area contributed by atoms with E-state index in [1.54, 1.807) is 0 Å². The molecule has 1 N–H and O–H groups in total.